The Labute approximate surface area is 492 Å². The molecule has 1 aromatic heterocycles. The second kappa shape index (κ2) is 33.2. The molecule has 1 aromatic carbocycles. The van der Waals surface area contributed by atoms with Gasteiger partial charge in [0.15, 0.2) is 0 Å². The standard InChI is InChI=1S/C52H77N10O23P/c1-11-24(8)42(61-52(80)43(25(9)63)62-48(76)34(20-38(69)70)56-46(74)33(19-37(67)68)54-26(10)64)51(79)58-32(15-27-16-39(71)84-35-17-28(12-13-29(27)35)85-86(81,82)83)47(75)59-41(23(6)7)50(78)60-40(22(4)5)49(77)57-31(14-21(2)3)45(73)55-30(44(53)72)18-36(65)66/h12-13,16-17,21-25,30-34,40-43,63H,11,14-15,18-20H2,1-10H3,(H2,53,72)(H,54,64)(H,55,73)(H,56,74)(H,57,77)(H,58,79)(H,59,75)(H,60,78)(H,61,80)(H,62,76)(H,65,66)(H,67,68)(H,69,70)(H2,81,82,83)/t24-,25+,30-,31-,32-,33-,34-,40-,41-,42-,43-/m0/s1. The SMILES string of the molecule is CC[C@H](C)[C@H](NC(=O)[C@@H](NC(=O)[C@H](CC(=O)O)NC(=O)[C@H](CC(=O)O)NC(C)=O)[C@@H](C)O)C(=O)N[C@@H](Cc1cc(=O)oc2cc(OP(=O)(O)O)ccc12)C(=O)N[C@H](C(=O)N[C@H](C(=O)N[C@@H](CC(C)C)C(=O)N[C@@H](CC(=O)O)C(N)=O)C(C)C)C(C)C. The zero-order valence-corrected chi connectivity index (χ0v) is 49.7. The Bertz CT molecular complexity index is 2950. The number of carboxylic acids is 3. The molecule has 0 unspecified atom stereocenters. The van der Waals surface area contributed by atoms with E-state index in [2.05, 4.69) is 47.1 Å². The van der Waals surface area contributed by atoms with Crippen molar-refractivity contribution < 1.29 is 106 Å². The predicted octanol–water partition coefficient (Wildman–Crippen LogP) is -3.12. The highest BCUT2D eigenvalue weighted by Gasteiger charge is 2.39. The minimum atomic E-state index is -5.15. The van der Waals surface area contributed by atoms with E-state index >= 15 is 0 Å². The number of aliphatic hydroxyl groups excluding tert-OH is 1. The zero-order chi connectivity index (χ0) is 65.8. The summed E-state index contributed by atoms with van der Waals surface area (Å²) in [5.74, 6) is -19.0. The molecular formula is C52H77N10O23P. The van der Waals surface area contributed by atoms with Gasteiger partial charge in [-0.1, -0.05) is 61.8 Å². The summed E-state index contributed by atoms with van der Waals surface area (Å²) < 4.78 is 21.5. The van der Waals surface area contributed by atoms with E-state index in [0.717, 1.165) is 32.0 Å². The fraction of sp³-hybridized carbons (Fsp3) is 0.577. The van der Waals surface area contributed by atoms with Crippen LogP contribution < -0.4 is 63.7 Å². The van der Waals surface area contributed by atoms with Crippen LogP contribution in [0.5, 0.6) is 5.75 Å². The van der Waals surface area contributed by atoms with Crippen LogP contribution in [0.25, 0.3) is 11.0 Å². The van der Waals surface area contributed by atoms with Crippen LogP contribution in [0, 0.1) is 23.7 Å². The van der Waals surface area contributed by atoms with Gasteiger partial charge < -0.3 is 83.0 Å². The van der Waals surface area contributed by atoms with Crippen molar-refractivity contribution in [2.45, 2.75) is 168 Å². The summed E-state index contributed by atoms with van der Waals surface area (Å²) in [5.41, 5.74) is 3.86. The minimum absolute atomic E-state index is 0.0300. The van der Waals surface area contributed by atoms with Gasteiger partial charge in [0, 0.05) is 30.9 Å². The van der Waals surface area contributed by atoms with Crippen LogP contribution in [-0.4, -0.2) is 168 Å². The lowest BCUT2D eigenvalue weighted by atomic mass is 9.95. The van der Waals surface area contributed by atoms with E-state index in [4.69, 9.17) is 10.2 Å². The summed E-state index contributed by atoms with van der Waals surface area (Å²) in [5, 5.41) is 59.9. The molecule has 17 N–H and O–H groups in total. The number of carbonyl (C=O) groups excluding carboxylic acids is 10. The average Bonchev–Trinajstić information content (AvgIpc) is 2.23. The first-order chi connectivity index (χ1) is 39.7. The molecule has 0 aliphatic carbocycles. The number of aliphatic hydroxyl groups is 1. The van der Waals surface area contributed by atoms with Crippen LogP contribution in [0.1, 0.15) is 107 Å². The largest absolute Gasteiger partial charge is 0.524 e. The number of aliphatic carboxylic acids is 3. The first kappa shape index (κ1) is 73.6. The fourth-order valence-corrected chi connectivity index (χ4v) is 8.74. The molecule has 1 heterocycles. The molecule has 10 amide bonds. The van der Waals surface area contributed by atoms with Gasteiger partial charge in [0.05, 0.1) is 25.4 Å². The van der Waals surface area contributed by atoms with Crippen LogP contribution >= 0.6 is 7.82 Å². The van der Waals surface area contributed by atoms with Crippen molar-refractivity contribution in [3.63, 3.8) is 0 Å². The smallest absolute Gasteiger partial charge is 0.481 e. The maximum Gasteiger partial charge on any atom is 0.524 e. The number of amides is 10. The molecule has 0 saturated heterocycles. The van der Waals surface area contributed by atoms with Crippen LogP contribution in [0.2, 0.25) is 0 Å². The third kappa shape index (κ3) is 24.2. The first-order valence-electron chi connectivity index (χ1n) is 26.9. The number of fused-ring (bicyclic) bond motifs is 1. The number of phosphoric acid groups is 1. The Balaban J connectivity index is 2.70. The number of carbonyl (C=O) groups is 13. The van der Waals surface area contributed by atoms with Crippen molar-refractivity contribution in [2.75, 3.05) is 0 Å². The third-order valence-corrected chi connectivity index (χ3v) is 13.3. The van der Waals surface area contributed by atoms with Crippen molar-refractivity contribution in [3.05, 3.63) is 40.2 Å². The zero-order valence-electron chi connectivity index (χ0n) is 48.8. The van der Waals surface area contributed by atoms with Crippen LogP contribution in [0.15, 0.2) is 33.5 Å². The monoisotopic (exact) mass is 1240 g/mol. The van der Waals surface area contributed by atoms with Gasteiger partial charge in [-0.3, -0.25) is 72.1 Å². The van der Waals surface area contributed by atoms with Gasteiger partial charge in [-0.2, -0.15) is 0 Å². The number of nitrogens with two attached hydrogens (primary N) is 1. The molecule has 0 radical (unpaired) electrons. The van der Waals surface area contributed by atoms with Gasteiger partial charge in [0.2, 0.25) is 59.1 Å². The van der Waals surface area contributed by atoms with Crippen molar-refractivity contribution in [1.29, 1.82) is 0 Å². The highest BCUT2D eigenvalue weighted by Crippen LogP contribution is 2.38. The highest BCUT2D eigenvalue weighted by molar-refractivity contribution is 7.46. The van der Waals surface area contributed by atoms with E-state index in [1.54, 1.807) is 20.8 Å². The molecule has 0 spiro atoms. The molecule has 33 nitrogen and oxygen atoms in total. The second-order valence-electron chi connectivity index (χ2n) is 21.4. The maximum absolute atomic E-state index is 14.8. The molecule has 86 heavy (non-hydrogen) atoms. The molecule has 2 rings (SSSR count). The molecule has 0 aliphatic heterocycles. The van der Waals surface area contributed by atoms with E-state index in [-0.39, 0.29) is 35.3 Å². The lowest BCUT2D eigenvalue weighted by molar-refractivity contribution is -0.143. The minimum Gasteiger partial charge on any atom is -0.481 e. The summed E-state index contributed by atoms with van der Waals surface area (Å²) in [6.07, 6.45) is -5.45. The maximum atomic E-state index is 14.8. The summed E-state index contributed by atoms with van der Waals surface area (Å²) >= 11 is 0. The number of hydrogen-bond donors (Lipinski definition) is 16. The van der Waals surface area contributed by atoms with Crippen molar-refractivity contribution in [3.8, 4) is 5.75 Å². The molecule has 0 fully saturated rings. The van der Waals surface area contributed by atoms with Gasteiger partial charge in [0.1, 0.15) is 65.7 Å². The number of phosphoric ester groups is 1. The molecule has 0 saturated carbocycles. The lowest BCUT2D eigenvalue weighted by Gasteiger charge is -2.31. The number of hydrogen-bond acceptors (Lipinski definition) is 18. The van der Waals surface area contributed by atoms with Crippen LogP contribution in [0.3, 0.4) is 0 Å². The van der Waals surface area contributed by atoms with Gasteiger partial charge in [0.25, 0.3) is 0 Å². The number of carboxylic acid groups (broad SMARTS) is 3. The molecular weight excluding hydrogens is 1160 g/mol. The Hall–Kier alpha value is -8.55. The van der Waals surface area contributed by atoms with E-state index in [1.165, 1.54) is 40.7 Å². The van der Waals surface area contributed by atoms with E-state index in [0.29, 0.717) is 0 Å². The molecule has 34 heteroatoms. The molecule has 11 atom stereocenters. The van der Waals surface area contributed by atoms with Crippen molar-refractivity contribution in [2.24, 2.45) is 29.4 Å². The van der Waals surface area contributed by atoms with E-state index < -0.39 is 200 Å². The van der Waals surface area contributed by atoms with Crippen molar-refractivity contribution in [1.82, 2.24) is 47.9 Å². The Kier molecular flexibility index (Phi) is 28.4. The average molecular weight is 1240 g/mol. The fourth-order valence-electron chi connectivity index (χ4n) is 8.35. The summed E-state index contributed by atoms with van der Waals surface area (Å²) in [6, 6.07) is -11.3. The van der Waals surface area contributed by atoms with Crippen LogP contribution in [-0.2, 0) is 73.3 Å². The summed E-state index contributed by atoms with van der Waals surface area (Å²) in [7, 11) is -5.15. The quantitative estimate of drug-likeness (QED) is 0.0240. The Morgan fingerprint density at radius 2 is 0.965 bits per heavy atom. The van der Waals surface area contributed by atoms with Gasteiger partial charge in [-0.25, -0.2) is 9.36 Å². The predicted molar refractivity (Wildman–Crippen MR) is 298 cm³/mol. The molecule has 0 bridgehead atoms. The topological polar surface area (TPSA) is 534 Å². The third-order valence-electron chi connectivity index (χ3n) is 12.9. The first-order valence-corrected chi connectivity index (χ1v) is 28.4. The normalized spacial score (nSPS) is 15.3. The number of benzene rings is 1. The van der Waals surface area contributed by atoms with Crippen LogP contribution in [0.4, 0.5) is 0 Å². The summed E-state index contributed by atoms with van der Waals surface area (Å²) in [4.78, 5) is 202. The van der Waals surface area contributed by atoms with Crippen molar-refractivity contribution >= 4 is 95.8 Å². The Morgan fingerprint density at radius 1 is 0.558 bits per heavy atom. The van der Waals surface area contributed by atoms with E-state index in [9.17, 15) is 102 Å². The summed E-state index contributed by atoms with van der Waals surface area (Å²) in [6.45, 7) is 14.5. The van der Waals surface area contributed by atoms with E-state index in [1.807, 2.05) is 5.32 Å². The van der Waals surface area contributed by atoms with Gasteiger partial charge in [-0.15, -0.1) is 0 Å². The van der Waals surface area contributed by atoms with Gasteiger partial charge in [-0.05, 0) is 54.7 Å². The number of primary amides is 1. The molecule has 2 aromatic rings. The Morgan fingerprint density at radius 3 is 1.44 bits per heavy atom. The lowest BCUT2D eigenvalue weighted by Crippen LogP contribution is -2.63. The highest BCUT2D eigenvalue weighted by atomic mass is 31.2. The second-order valence-corrected chi connectivity index (χ2v) is 22.6. The molecule has 478 valence electrons. The van der Waals surface area contributed by atoms with Gasteiger partial charge >= 0.3 is 31.4 Å². The molecule has 0 aliphatic rings. The number of nitrogens with one attached hydrogen (secondary N) is 9. The number of rotatable bonds is 35.